The Balaban J connectivity index is 1.71. The Hall–Kier alpha value is -1.25. The summed E-state index contributed by atoms with van der Waals surface area (Å²) in [6.45, 7) is 1.01. The normalized spacial score (nSPS) is 15.0. The van der Waals surface area contributed by atoms with Crippen molar-refractivity contribution in [2.24, 2.45) is 5.92 Å². The van der Waals surface area contributed by atoms with E-state index in [2.05, 4.69) is 10.3 Å². The number of hydrogen-bond acceptors (Lipinski definition) is 3. The van der Waals surface area contributed by atoms with E-state index < -0.39 is 0 Å². The molecule has 0 radical (unpaired) electrons. The molecule has 3 nitrogen and oxygen atoms in total. The molecule has 3 heteroatoms. The van der Waals surface area contributed by atoms with Crippen LogP contribution in [-0.2, 0) is 0 Å². The van der Waals surface area contributed by atoms with Crippen LogP contribution < -0.4 is 10.1 Å². The van der Waals surface area contributed by atoms with Gasteiger partial charge in [-0.3, -0.25) is 0 Å². The lowest BCUT2D eigenvalue weighted by Crippen LogP contribution is -2.03. The van der Waals surface area contributed by atoms with Crippen LogP contribution in [0.1, 0.15) is 25.7 Å². The Labute approximate surface area is 90.9 Å². The number of pyridine rings is 1. The molecule has 1 aliphatic carbocycles. The largest absolute Gasteiger partial charge is 0.481 e. The van der Waals surface area contributed by atoms with Crippen molar-refractivity contribution in [3.8, 4) is 5.88 Å². The summed E-state index contributed by atoms with van der Waals surface area (Å²) in [4.78, 5) is 4.29. The molecule has 15 heavy (non-hydrogen) atoms. The number of ether oxygens (including phenoxy) is 1. The highest BCUT2D eigenvalue weighted by Gasteiger charge is 2.19. The zero-order valence-corrected chi connectivity index (χ0v) is 9.20. The first kappa shape index (κ1) is 10.3. The molecule has 1 N–H and O–H groups in total. The van der Waals surface area contributed by atoms with E-state index in [0.717, 1.165) is 18.3 Å². The van der Waals surface area contributed by atoms with Crippen molar-refractivity contribution in [2.75, 3.05) is 19.0 Å². The average Bonchev–Trinajstić information content (AvgIpc) is 3.09. The second-order valence-electron chi connectivity index (χ2n) is 4.08. The first-order chi connectivity index (χ1) is 7.38. The quantitative estimate of drug-likeness (QED) is 0.727. The maximum atomic E-state index is 5.06. The van der Waals surface area contributed by atoms with Crippen LogP contribution in [0.5, 0.6) is 5.88 Å². The topological polar surface area (TPSA) is 34.1 Å². The highest BCUT2D eigenvalue weighted by molar-refractivity contribution is 5.36. The van der Waals surface area contributed by atoms with Crippen molar-refractivity contribution in [1.29, 1.82) is 0 Å². The fourth-order valence-corrected chi connectivity index (χ4v) is 1.64. The van der Waals surface area contributed by atoms with Crippen LogP contribution in [0.2, 0.25) is 0 Å². The van der Waals surface area contributed by atoms with Gasteiger partial charge in [-0.05, 0) is 24.8 Å². The number of methoxy groups -OCH3 is 1. The predicted octanol–water partition coefficient (Wildman–Crippen LogP) is 2.69. The molecule has 1 aromatic rings. The van der Waals surface area contributed by atoms with Crippen molar-refractivity contribution in [3.05, 3.63) is 18.2 Å². The van der Waals surface area contributed by atoms with Crippen molar-refractivity contribution < 1.29 is 4.74 Å². The van der Waals surface area contributed by atoms with Gasteiger partial charge in [-0.2, -0.15) is 4.98 Å². The summed E-state index contributed by atoms with van der Waals surface area (Å²) in [5.74, 6) is 2.59. The molecule has 0 spiro atoms. The van der Waals surface area contributed by atoms with E-state index in [0.29, 0.717) is 5.88 Å². The van der Waals surface area contributed by atoms with Crippen LogP contribution in [0.4, 0.5) is 5.82 Å². The third kappa shape index (κ3) is 3.42. The van der Waals surface area contributed by atoms with Gasteiger partial charge in [0.2, 0.25) is 5.88 Å². The highest BCUT2D eigenvalue weighted by atomic mass is 16.5. The van der Waals surface area contributed by atoms with Crippen LogP contribution >= 0.6 is 0 Å². The summed E-state index contributed by atoms with van der Waals surface area (Å²) < 4.78 is 5.06. The Morgan fingerprint density at radius 1 is 1.47 bits per heavy atom. The molecular formula is C12H18N2O. The van der Waals surface area contributed by atoms with Gasteiger partial charge in [-0.25, -0.2) is 0 Å². The summed E-state index contributed by atoms with van der Waals surface area (Å²) in [7, 11) is 1.64. The summed E-state index contributed by atoms with van der Waals surface area (Å²) in [5, 5.41) is 3.31. The molecular weight excluding hydrogens is 188 g/mol. The van der Waals surface area contributed by atoms with Gasteiger partial charge in [0.15, 0.2) is 0 Å². The molecule has 1 aliphatic rings. The van der Waals surface area contributed by atoms with Gasteiger partial charge < -0.3 is 10.1 Å². The minimum absolute atomic E-state index is 0.669. The van der Waals surface area contributed by atoms with E-state index in [1.165, 1.54) is 25.7 Å². The van der Waals surface area contributed by atoms with Gasteiger partial charge in [0.25, 0.3) is 0 Å². The molecule has 1 aromatic heterocycles. The monoisotopic (exact) mass is 206 g/mol. The molecule has 0 aliphatic heterocycles. The Kier molecular flexibility index (Phi) is 3.43. The average molecular weight is 206 g/mol. The number of rotatable bonds is 6. The Morgan fingerprint density at radius 3 is 3.07 bits per heavy atom. The maximum absolute atomic E-state index is 5.06. The number of hydrogen-bond donors (Lipinski definition) is 1. The molecule has 0 amide bonds. The Morgan fingerprint density at radius 2 is 2.33 bits per heavy atom. The molecule has 1 heterocycles. The summed E-state index contributed by atoms with van der Waals surface area (Å²) in [5.41, 5.74) is 0. The van der Waals surface area contributed by atoms with E-state index >= 15 is 0 Å². The van der Waals surface area contributed by atoms with Gasteiger partial charge >= 0.3 is 0 Å². The van der Waals surface area contributed by atoms with E-state index in [-0.39, 0.29) is 0 Å². The standard InChI is InChI=1S/C12H18N2O/c1-15-12-6-2-5-11(14-12)13-9-3-4-10-7-8-10/h2,5-6,10H,3-4,7-9H2,1H3,(H,13,14). The molecule has 1 fully saturated rings. The molecule has 0 bridgehead atoms. The molecule has 0 saturated heterocycles. The van der Waals surface area contributed by atoms with Crippen LogP contribution in [0.15, 0.2) is 18.2 Å². The molecule has 82 valence electrons. The van der Waals surface area contributed by atoms with Gasteiger partial charge in [0.1, 0.15) is 5.82 Å². The Bertz CT molecular complexity index is 310. The minimum Gasteiger partial charge on any atom is -0.481 e. The fraction of sp³-hybridized carbons (Fsp3) is 0.583. The first-order valence-electron chi connectivity index (χ1n) is 5.63. The fourth-order valence-electron chi connectivity index (χ4n) is 1.64. The zero-order chi connectivity index (χ0) is 10.5. The zero-order valence-electron chi connectivity index (χ0n) is 9.20. The first-order valence-corrected chi connectivity index (χ1v) is 5.63. The number of nitrogens with one attached hydrogen (secondary N) is 1. The lowest BCUT2D eigenvalue weighted by Gasteiger charge is -2.06. The summed E-state index contributed by atoms with van der Waals surface area (Å²) in [6.07, 6.45) is 5.48. The van der Waals surface area contributed by atoms with E-state index in [1.54, 1.807) is 7.11 Å². The third-order valence-electron chi connectivity index (χ3n) is 2.72. The van der Waals surface area contributed by atoms with Gasteiger partial charge in [-0.1, -0.05) is 18.9 Å². The number of anilines is 1. The van der Waals surface area contributed by atoms with Gasteiger partial charge in [0, 0.05) is 12.6 Å². The minimum atomic E-state index is 0.669. The molecule has 0 aromatic carbocycles. The number of aromatic nitrogens is 1. The SMILES string of the molecule is COc1cccc(NCCCC2CC2)n1. The van der Waals surface area contributed by atoms with Crippen LogP contribution in [0.3, 0.4) is 0 Å². The third-order valence-corrected chi connectivity index (χ3v) is 2.72. The predicted molar refractivity (Wildman–Crippen MR) is 61.2 cm³/mol. The van der Waals surface area contributed by atoms with E-state index in [1.807, 2.05) is 18.2 Å². The second kappa shape index (κ2) is 5.01. The smallest absolute Gasteiger partial charge is 0.214 e. The van der Waals surface area contributed by atoms with Crippen molar-refractivity contribution in [2.45, 2.75) is 25.7 Å². The van der Waals surface area contributed by atoms with Crippen molar-refractivity contribution >= 4 is 5.82 Å². The maximum Gasteiger partial charge on any atom is 0.214 e. The summed E-state index contributed by atoms with van der Waals surface area (Å²) in [6, 6.07) is 5.78. The van der Waals surface area contributed by atoms with Gasteiger partial charge in [0.05, 0.1) is 7.11 Å². The molecule has 0 atom stereocenters. The molecule has 2 rings (SSSR count). The molecule has 0 unspecified atom stereocenters. The van der Waals surface area contributed by atoms with E-state index in [4.69, 9.17) is 4.74 Å². The van der Waals surface area contributed by atoms with Gasteiger partial charge in [-0.15, -0.1) is 0 Å². The van der Waals surface area contributed by atoms with E-state index in [9.17, 15) is 0 Å². The lowest BCUT2D eigenvalue weighted by atomic mass is 10.2. The van der Waals surface area contributed by atoms with Crippen molar-refractivity contribution in [1.82, 2.24) is 4.98 Å². The molecule has 1 saturated carbocycles. The number of nitrogens with zero attached hydrogens (tertiary/aromatic N) is 1. The van der Waals surface area contributed by atoms with Crippen LogP contribution in [0, 0.1) is 5.92 Å². The van der Waals surface area contributed by atoms with Crippen LogP contribution in [0.25, 0.3) is 0 Å². The highest BCUT2D eigenvalue weighted by Crippen LogP contribution is 2.33. The second-order valence-corrected chi connectivity index (χ2v) is 4.08. The summed E-state index contributed by atoms with van der Waals surface area (Å²) >= 11 is 0. The lowest BCUT2D eigenvalue weighted by molar-refractivity contribution is 0.398. The van der Waals surface area contributed by atoms with Crippen LogP contribution in [-0.4, -0.2) is 18.6 Å². The van der Waals surface area contributed by atoms with Crippen molar-refractivity contribution in [3.63, 3.8) is 0 Å².